The van der Waals surface area contributed by atoms with Crippen molar-refractivity contribution in [3.63, 3.8) is 0 Å². The van der Waals surface area contributed by atoms with Crippen LogP contribution in [0.15, 0.2) is 200 Å². The second-order valence-electron chi connectivity index (χ2n) is 17.1. The summed E-state index contributed by atoms with van der Waals surface area (Å²) in [6.45, 7) is 7.19. The molecule has 3 aliphatic rings. The SMILES string of the molecule is CC1(C)c2ccccc2-c2cc3c(cc21)c1cc(-c2ccc4c(c2)c2ccccc2n4-c2ccc(-c4ccccc4)cc2)ccc1n3C1(C)C=CC=C2C=CC=CC21. The van der Waals surface area contributed by atoms with E-state index in [0.717, 1.165) is 5.69 Å². The summed E-state index contributed by atoms with van der Waals surface area (Å²) in [5.74, 6) is 0.229. The van der Waals surface area contributed by atoms with Gasteiger partial charge < -0.3 is 9.13 Å². The summed E-state index contributed by atoms with van der Waals surface area (Å²) in [4.78, 5) is 0. The van der Waals surface area contributed by atoms with Gasteiger partial charge in [-0.15, -0.1) is 0 Å². The highest BCUT2D eigenvalue weighted by molar-refractivity contribution is 6.13. The van der Waals surface area contributed by atoms with Crippen LogP contribution in [-0.2, 0) is 11.0 Å². The molecule has 3 aliphatic carbocycles. The quantitative estimate of drug-likeness (QED) is 0.170. The molecule has 2 unspecified atom stereocenters. The minimum atomic E-state index is -0.297. The molecule has 0 saturated carbocycles. The molecule has 276 valence electrons. The zero-order valence-corrected chi connectivity index (χ0v) is 32.9. The Balaban J connectivity index is 1.05. The fraction of sp³-hybridized carbons (Fsp3) is 0.107. The molecule has 2 heteroatoms. The van der Waals surface area contributed by atoms with Crippen molar-refractivity contribution in [1.82, 2.24) is 9.13 Å². The Morgan fingerprint density at radius 2 is 1.12 bits per heavy atom. The van der Waals surface area contributed by atoms with Crippen molar-refractivity contribution in [1.29, 1.82) is 0 Å². The highest BCUT2D eigenvalue weighted by atomic mass is 15.1. The van der Waals surface area contributed by atoms with Gasteiger partial charge >= 0.3 is 0 Å². The maximum atomic E-state index is 2.65. The summed E-state index contributed by atoms with van der Waals surface area (Å²) < 4.78 is 5.06. The van der Waals surface area contributed by atoms with Crippen LogP contribution in [0.25, 0.3) is 82.7 Å². The molecule has 0 aliphatic heterocycles. The van der Waals surface area contributed by atoms with E-state index in [4.69, 9.17) is 0 Å². The summed E-state index contributed by atoms with van der Waals surface area (Å²) in [6, 6.07) is 56.7. The zero-order chi connectivity index (χ0) is 38.8. The number of hydrogen-bond donors (Lipinski definition) is 0. The lowest BCUT2D eigenvalue weighted by molar-refractivity contribution is 0.355. The van der Waals surface area contributed by atoms with Crippen molar-refractivity contribution in [3.05, 3.63) is 211 Å². The third kappa shape index (κ3) is 4.60. The molecule has 0 radical (unpaired) electrons. The van der Waals surface area contributed by atoms with Gasteiger partial charge in [0.2, 0.25) is 0 Å². The van der Waals surface area contributed by atoms with Crippen LogP contribution in [0.3, 0.4) is 0 Å². The maximum Gasteiger partial charge on any atom is 0.0711 e. The van der Waals surface area contributed by atoms with E-state index in [-0.39, 0.29) is 16.9 Å². The van der Waals surface area contributed by atoms with Crippen molar-refractivity contribution in [2.24, 2.45) is 5.92 Å². The van der Waals surface area contributed by atoms with Gasteiger partial charge in [-0.25, -0.2) is 0 Å². The van der Waals surface area contributed by atoms with Gasteiger partial charge in [0.1, 0.15) is 0 Å². The van der Waals surface area contributed by atoms with Crippen LogP contribution in [0.4, 0.5) is 0 Å². The highest BCUT2D eigenvalue weighted by Crippen LogP contribution is 2.53. The summed E-state index contributed by atoms with van der Waals surface area (Å²) in [6.07, 6.45) is 16.0. The predicted octanol–water partition coefficient (Wildman–Crippen LogP) is 14.5. The first-order valence-corrected chi connectivity index (χ1v) is 20.6. The monoisotopic (exact) mass is 742 g/mol. The fourth-order valence-corrected chi connectivity index (χ4v) is 10.7. The number of fused-ring (bicyclic) bond motifs is 10. The highest BCUT2D eigenvalue weighted by Gasteiger charge is 2.40. The zero-order valence-electron chi connectivity index (χ0n) is 32.9. The first kappa shape index (κ1) is 33.3. The molecule has 7 aromatic carbocycles. The molecule has 2 aromatic heterocycles. The lowest BCUT2D eigenvalue weighted by atomic mass is 9.74. The molecular formula is C56H42N2. The molecule has 0 saturated heterocycles. The first-order chi connectivity index (χ1) is 28.4. The molecular weight excluding hydrogens is 701 g/mol. The molecule has 0 bridgehead atoms. The lowest BCUT2D eigenvalue weighted by Crippen LogP contribution is -2.38. The number of hydrogen-bond acceptors (Lipinski definition) is 0. The van der Waals surface area contributed by atoms with Crippen LogP contribution in [0.5, 0.6) is 0 Å². The van der Waals surface area contributed by atoms with Crippen LogP contribution >= 0.6 is 0 Å². The van der Waals surface area contributed by atoms with Crippen molar-refractivity contribution in [2.45, 2.75) is 31.7 Å². The molecule has 0 N–H and O–H groups in total. The second kappa shape index (κ2) is 12.1. The van der Waals surface area contributed by atoms with E-state index >= 15 is 0 Å². The van der Waals surface area contributed by atoms with Gasteiger partial charge in [0.25, 0.3) is 0 Å². The third-order valence-electron chi connectivity index (χ3n) is 13.6. The van der Waals surface area contributed by atoms with Gasteiger partial charge in [-0.05, 0) is 112 Å². The molecule has 2 heterocycles. The average molecular weight is 743 g/mol. The number of aromatic nitrogens is 2. The molecule has 0 fully saturated rings. The number of nitrogens with zero attached hydrogens (tertiary/aromatic N) is 2. The Hall–Kier alpha value is -6.90. The van der Waals surface area contributed by atoms with E-state index in [0.29, 0.717) is 0 Å². The van der Waals surface area contributed by atoms with Crippen LogP contribution in [-0.4, -0.2) is 9.13 Å². The molecule has 2 atom stereocenters. The topological polar surface area (TPSA) is 9.86 Å². The van der Waals surface area contributed by atoms with Gasteiger partial charge in [-0.3, -0.25) is 0 Å². The van der Waals surface area contributed by atoms with Crippen molar-refractivity contribution < 1.29 is 0 Å². The molecule has 0 spiro atoms. The molecule has 0 amide bonds. The predicted molar refractivity (Wildman–Crippen MR) is 245 cm³/mol. The van der Waals surface area contributed by atoms with Crippen LogP contribution in [0, 0.1) is 5.92 Å². The van der Waals surface area contributed by atoms with Crippen LogP contribution in [0.2, 0.25) is 0 Å². The number of allylic oxidation sites excluding steroid dienone is 8. The summed E-state index contributed by atoms with van der Waals surface area (Å²) in [7, 11) is 0. The number of benzene rings is 7. The van der Waals surface area contributed by atoms with Gasteiger partial charge in [0.05, 0.1) is 22.1 Å². The average Bonchev–Trinajstić information content (AvgIpc) is 3.86. The summed E-state index contributed by atoms with van der Waals surface area (Å²) in [5, 5.41) is 5.13. The van der Waals surface area contributed by atoms with Gasteiger partial charge in [0.15, 0.2) is 0 Å². The van der Waals surface area contributed by atoms with Crippen LogP contribution in [0.1, 0.15) is 31.9 Å². The number of para-hydroxylation sites is 1. The van der Waals surface area contributed by atoms with E-state index in [1.165, 1.54) is 93.7 Å². The Labute approximate surface area is 339 Å². The van der Waals surface area contributed by atoms with E-state index in [9.17, 15) is 0 Å². The normalized spacial score (nSPS) is 18.9. The Bertz CT molecular complexity index is 3300. The second-order valence-corrected chi connectivity index (χ2v) is 17.1. The van der Waals surface area contributed by atoms with E-state index < -0.39 is 0 Å². The third-order valence-corrected chi connectivity index (χ3v) is 13.6. The van der Waals surface area contributed by atoms with E-state index in [2.05, 4.69) is 224 Å². The molecule has 9 aromatic rings. The Kier molecular flexibility index (Phi) is 6.91. The number of rotatable bonds is 4. The van der Waals surface area contributed by atoms with Crippen molar-refractivity contribution >= 4 is 43.6 Å². The molecule has 58 heavy (non-hydrogen) atoms. The minimum absolute atomic E-state index is 0.0886. The first-order valence-electron chi connectivity index (χ1n) is 20.6. The lowest BCUT2D eigenvalue weighted by Gasteiger charge is -2.40. The van der Waals surface area contributed by atoms with Crippen molar-refractivity contribution in [2.75, 3.05) is 0 Å². The Morgan fingerprint density at radius 3 is 1.95 bits per heavy atom. The standard InChI is InChI=1S/C56H42N2/c1-55(2)49-21-11-8-18-42(49)44-35-54-47(34-50(44)55)46-33-40(26-30-53(46)58(54)56(3)31-13-17-38-16-7-10-20-48(38)56)39-25-29-52-45(32-39)43-19-9-12-22-51(43)57(52)41-27-23-37(24-28-41)36-14-5-4-6-15-36/h4-35,48H,1-3H3. The van der Waals surface area contributed by atoms with Gasteiger partial charge in [0, 0.05) is 44.1 Å². The van der Waals surface area contributed by atoms with E-state index in [1.54, 1.807) is 0 Å². The largest absolute Gasteiger partial charge is 0.330 e. The summed E-state index contributed by atoms with van der Waals surface area (Å²) in [5.41, 5.74) is 17.5. The van der Waals surface area contributed by atoms with Crippen LogP contribution < -0.4 is 0 Å². The van der Waals surface area contributed by atoms with Gasteiger partial charge in [-0.2, -0.15) is 0 Å². The maximum absolute atomic E-state index is 2.65. The van der Waals surface area contributed by atoms with Crippen molar-refractivity contribution in [3.8, 4) is 39.1 Å². The smallest absolute Gasteiger partial charge is 0.0711 e. The molecule has 2 nitrogen and oxygen atoms in total. The summed E-state index contributed by atoms with van der Waals surface area (Å²) >= 11 is 0. The van der Waals surface area contributed by atoms with E-state index in [1.807, 2.05) is 0 Å². The molecule has 12 rings (SSSR count). The Morgan fingerprint density at radius 1 is 0.466 bits per heavy atom. The minimum Gasteiger partial charge on any atom is -0.330 e. The fourth-order valence-electron chi connectivity index (χ4n) is 10.7. The van der Waals surface area contributed by atoms with Gasteiger partial charge in [-0.1, -0.05) is 153 Å².